The summed E-state index contributed by atoms with van der Waals surface area (Å²) in [6.45, 7) is 2.57. The third-order valence-electron chi connectivity index (χ3n) is 3.31. The molecule has 110 valence electrons. The minimum Gasteiger partial charge on any atom is -0.490 e. The molecule has 1 aliphatic heterocycles. The molecule has 1 aromatic carbocycles. The maximum absolute atomic E-state index is 13.9. The van der Waals surface area contributed by atoms with Crippen LogP contribution in [0.3, 0.4) is 0 Å². The molecule has 7 heteroatoms. The first kappa shape index (κ1) is 14.5. The van der Waals surface area contributed by atoms with Crippen molar-refractivity contribution in [3.63, 3.8) is 0 Å². The SMILES string of the molecule is COc1cc(NC2CCOC(C)C2)c(F)cc1[N+](=O)[O-]. The third-order valence-corrected chi connectivity index (χ3v) is 3.31. The highest BCUT2D eigenvalue weighted by Gasteiger charge is 2.23. The van der Waals surface area contributed by atoms with Crippen molar-refractivity contribution in [1.29, 1.82) is 0 Å². The summed E-state index contributed by atoms with van der Waals surface area (Å²) in [6.07, 6.45) is 1.64. The molecule has 2 rings (SSSR count). The van der Waals surface area contributed by atoms with E-state index in [9.17, 15) is 14.5 Å². The van der Waals surface area contributed by atoms with Crippen LogP contribution in [0, 0.1) is 15.9 Å². The van der Waals surface area contributed by atoms with Crippen molar-refractivity contribution >= 4 is 11.4 Å². The van der Waals surface area contributed by atoms with Crippen LogP contribution in [0.1, 0.15) is 19.8 Å². The Morgan fingerprint density at radius 3 is 2.90 bits per heavy atom. The summed E-state index contributed by atoms with van der Waals surface area (Å²) < 4.78 is 24.3. The average molecular weight is 284 g/mol. The molecule has 0 bridgehead atoms. The van der Waals surface area contributed by atoms with Gasteiger partial charge in [-0.05, 0) is 19.8 Å². The Hall–Kier alpha value is -1.89. The van der Waals surface area contributed by atoms with E-state index in [2.05, 4.69) is 5.32 Å². The number of nitrogens with zero attached hydrogens (tertiary/aromatic N) is 1. The Morgan fingerprint density at radius 2 is 2.30 bits per heavy atom. The molecule has 0 aliphatic carbocycles. The predicted molar refractivity (Wildman–Crippen MR) is 71.7 cm³/mol. The number of nitro groups is 1. The minimum atomic E-state index is -0.664. The molecule has 0 aromatic heterocycles. The standard InChI is InChI=1S/C13H17FN2O4/c1-8-5-9(3-4-20-8)15-11-7-13(19-2)12(16(17)18)6-10(11)14/h6-9,15H,3-5H2,1-2H3. The highest BCUT2D eigenvalue weighted by molar-refractivity contribution is 5.59. The second-order valence-electron chi connectivity index (χ2n) is 4.81. The maximum Gasteiger partial charge on any atom is 0.313 e. The van der Waals surface area contributed by atoms with E-state index in [1.165, 1.54) is 13.2 Å². The first-order valence-electron chi connectivity index (χ1n) is 6.41. The molecule has 1 aliphatic rings. The topological polar surface area (TPSA) is 73.6 Å². The van der Waals surface area contributed by atoms with Crippen LogP contribution in [-0.2, 0) is 4.74 Å². The van der Waals surface area contributed by atoms with Gasteiger partial charge in [-0.2, -0.15) is 0 Å². The zero-order valence-electron chi connectivity index (χ0n) is 11.4. The van der Waals surface area contributed by atoms with Gasteiger partial charge in [-0.1, -0.05) is 0 Å². The number of hydrogen-bond acceptors (Lipinski definition) is 5. The van der Waals surface area contributed by atoms with E-state index in [4.69, 9.17) is 9.47 Å². The summed E-state index contributed by atoms with van der Waals surface area (Å²) in [5.41, 5.74) is -0.164. The summed E-state index contributed by atoms with van der Waals surface area (Å²) in [5, 5.41) is 13.9. The Balaban J connectivity index is 2.21. The van der Waals surface area contributed by atoms with Gasteiger partial charge >= 0.3 is 5.69 Å². The molecule has 0 spiro atoms. The van der Waals surface area contributed by atoms with Crippen LogP contribution in [0.2, 0.25) is 0 Å². The maximum atomic E-state index is 13.9. The summed E-state index contributed by atoms with van der Waals surface area (Å²) in [6, 6.07) is 2.29. The van der Waals surface area contributed by atoms with Crippen molar-refractivity contribution in [1.82, 2.24) is 0 Å². The van der Waals surface area contributed by atoms with Crippen molar-refractivity contribution in [3.05, 3.63) is 28.1 Å². The molecular weight excluding hydrogens is 267 g/mol. The second-order valence-corrected chi connectivity index (χ2v) is 4.81. The van der Waals surface area contributed by atoms with Crippen molar-refractivity contribution in [2.24, 2.45) is 0 Å². The molecular formula is C13H17FN2O4. The largest absolute Gasteiger partial charge is 0.490 e. The molecule has 0 radical (unpaired) electrons. The minimum absolute atomic E-state index is 0.0407. The fourth-order valence-electron chi connectivity index (χ4n) is 2.31. The number of nitro benzene ring substituents is 1. The van der Waals surface area contributed by atoms with Gasteiger partial charge in [0.25, 0.3) is 0 Å². The van der Waals surface area contributed by atoms with E-state index in [-0.39, 0.29) is 29.3 Å². The number of halogens is 1. The second kappa shape index (κ2) is 6.04. The van der Waals surface area contributed by atoms with Gasteiger partial charge in [-0.15, -0.1) is 0 Å². The number of methoxy groups -OCH3 is 1. The monoisotopic (exact) mass is 284 g/mol. The zero-order chi connectivity index (χ0) is 14.7. The third kappa shape index (κ3) is 3.16. The van der Waals surface area contributed by atoms with E-state index in [1.54, 1.807) is 0 Å². The van der Waals surface area contributed by atoms with Crippen molar-refractivity contribution < 1.29 is 18.8 Å². The molecule has 1 heterocycles. The summed E-state index contributed by atoms with van der Waals surface area (Å²) >= 11 is 0. The first-order valence-corrected chi connectivity index (χ1v) is 6.41. The van der Waals surface area contributed by atoms with Crippen LogP contribution < -0.4 is 10.1 Å². The van der Waals surface area contributed by atoms with E-state index in [0.717, 1.165) is 18.9 Å². The van der Waals surface area contributed by atoms with Gasteiger partial charge in [-0.25, -0.2) is 4.39 Å². The van der Waals surface area contributed by atoms with Crippen LogP contribution in [0.4, 0.5) is 15.8 Å². The fraction of sp³-hybridized carbons (Fsp3) is 0.538. The number of benzene rings is 1. The number of ether oxygens (including phenoxy) is 2. The molecule has 0 saturated carbocycles. The first-order chi connectivity index (χ1) is 9.51. The van der Waals surface area contributed by atoms with Crippen molar-refractivity contribution in [2.75, 3.05) is 19.0 Å². The molecule has 0 amide bonds. The van der Waals surface area contributed by atoms with E-state index in [0.29, 0.717) is 6.61 Å². The lowest BCUT2D eigenvalue weighted by Crippen LogP contribution is -2.32. The fourth-order valence-corrected chi connectivity index (χ4v) is 2.31. The van der Waals surface area contributed by atoms with Gasteiger partial charge in [-0.3, -0.25) is 10.1 Å². The Labute approximate surface area is 116 Å². The Kier molecular flexibility index (Phi) is 4.39. The van der Waals surface area contributed by atoms with Crippen LogP contribution >= 0.6 is 0 Å². The molecule has 1 N–H and O–H groups in total. The average Bonchev–Trinajstić information content (AvgIpc) is 2.40. The van der Waals surface area contributed by atoms with Crippen LogP contribution in [0.25, 0.3) is 0 Å². The predicted octanol–water partition coefficient (Wildman–Crippen LogP) is 2.72. The Bertz CT molecular complexity index is 509. The van der Waals surface area contributed by atoms with Gasteiger partial charge in [0.2, 0.25) is 0 Å². The number of hydrogen-bond donors (Lipinski definition) is 1. The smallest absolute Gasteiger partial charge is 0.313 e. The van der Waals surface area contributed by atoms with Crippen LogP contribution in [0.15, 0.2) is 12.1 Å². The number of anilines is 1. The Morgan fingerprint density at radius 1 is 1.55 bits per heavy atom. The van der Waals surface area contributed by atoms with Gasteiger partial charge in [0.15, 0.2) is 11.6 Å². The van der Waals surface area contributed by atoms with E-state index < -0.39 is 10.7 Å². The van der Waals surface area contributed by atoms with Crippen LogP contribution in [-0.4, -0.2) is 30.8 Å². The molecule has 1 saturated heterocycles. The van der Waals surface area contributed by atoms with Crippen molar-refractivity contribution in [2.45, 2.75) is 31.9 Å². The lowest BCUT2D eigenvalue weighted by Gasteiger charge is -2.28. The van der Waals surface area contributed by atoms with Gasteiger partial charge in [0.1, 0.15) is 0 Å². The molecule has 1 fully saturated rings. The molecule has 6 nitrogen and oxygen atoms in total. The normalized spacial score (nSPS) is 22.4. The quantitative estimate of drug-likeness (QED) is 0.679. The van der Waals surface area contributed by atoms with Crippen LogP contribution in [0.5, 0.6) is 5.75 Å². The molecule has 2 unspecified atom stereocenters. The van der Waals surface area contributed by atoms with Gasteiger partial charge in [0, 0.05) is 18.7 Å². The summed E-state index contributed by atoms with van der Waals surface area (Å²) in [5.74, 6) is -0.615. The highest BCUT2D eigenvalue weighted by Crippen LogP contribution is 2.33. The number of nitrogens with one attached hydrogen (secondary N) is 1. The number of rotatable bonds is 4. The molecule has 20 heavy (non-hydrogen) atoms. The van der Waals surface area contributed by atoms with Gasteiger partial charge in [0.05, 0.1) is 29.9 Å². The highest BCUT2D eigenvalue weighted by atomic mass is 19.1. The molecule has 2 atom stereocenters. The summed E-state index contributed by atoms with van der Waals surface area (Å²) in [7, 11) is 1.32. The summed E-state index contributed by atoms with van der Waals surface area (Å²) in [4.78, 5) is 10.1. The van der Waals surface area contributed by atoms with E-state index in [1.807, 2.05) is 6.92 Å². The molecule has 1 aromatic rings. The zero-order valence-corrected chi connectivity index (χ0v) is 11.4. The lowest BCUT2D eigenvalue weighted by atomic mass is 10.0. The lowest BCUT2D eigenvalue weighted by molar-refractivity contribution is -0.385. The van der Waals surface area contributed by atoms with Crippen molar-refractivity contribution in [3.8, 4) is 5.75 Å². The van der Waals surface area contributed by atoms with Gasteiger partial charge < -0.3 is 14.8 Å². The van der Waals surface area contributed by atoms with E-state index >= 15 is 0 Å².